The van der Waals surface area contributed by atoms with Crippen LogP contribution in [0, 0.1) is 5.92 Å². The van der Waals surface area contributed by atoms with E-state index in [1.54, 1.807) is 0 Å². The molecule has 2 aliphatic rings. The smallest absolute Gasteiger partial charge is 0.233 e. The summed E-state index contributed by atoms with van der Waals surface area (Å²) in [6.07, 6.45) is 3.46. The Kier molecular flexibility index (Phi) is 5.24. The first kappa shape index (κ1) is 16.7. The molecule has 0 radical (unpaired) electrons. The van der Waals surface area contributed by atoms with Crippen LogP contribution in [0.25, 0.3) is 0 Å². The zero-order valence-electron chi connectivity index (χ0n) is 13.5. The van der Waals surface area contributed by atoms with Gasteiger partial charge in [0.25, 0.3) is 0 Å². The van der Waals surface area contributed by atoms with Gasteiger partial charge < -0.3 is 15.4 Å². The van der Waals surface area contributed by atoms with Gasteiger partial charge >= 0.3 is 0 Å². The Morgan fingerprint density at radius 1 is 1.30 bits per heavy atom. The second-order valence-corrected chi connectivity index (χ2v) is 7.11. The average Bonchev–Trinajstić information content (AvgIpc) is 2.62. The van der Waals surface area contributed by atoms with Crippen LogP contribution >= 0.6 is 11.6 Å². The summed E-state index contributed by atoms with van der Waals surface area (Å²) in [6.45, 7) is 3.58. The molecule has 2 fully saturated rings. The average molecular weight is 337 g/mol. The molecule has 2 N–H and O–H groups in total. The van der Waals surface area contributed by atoms with E-state index in [1.807, 2.05) is 29.2 Å². The predicted molar refractivity (Wildman–Crippen MR) is 91.5 cm³/mol. The second-order valence-electron chi connectivity index (χ2n) is 6.68. The highest BCUT2D eigenvalue weighted by atomic mass is 35.5. The number of amides is 1. The SMILES string of the molecule is NCC1CCN(C(=O)C2(c3cccc(Cl)c3)CCOCC2)CC1. The molecule has 0 atom stereocenters. The molecular weight excluding hydrogens is 312 g/mol. The van der Waals surface area contributed by atoms with Gasteiger partial charge in [0.15, 0.2) is 0 Å². The largest absolute Gasteiger partial charge is 0.381 e. The lowest BCUT2D eigenvalue weighted by molar-refractivity contribution is -0.142. The fraction of sp³-hybridized carbons (Fsp3) is 0.611. The molecule has 1 aromatic carbocycles. The number of ether oxygens (including phenoxy) is 1. The van der Waals surface area contributed by atoms with Crippen molar-refractivity contribution in [1.29, 1.82) is 0 Å². The number of benzene rings is 1. The predicted octanol–water partition coefficient (Wildman–Crippen LogP) is 2.59. The van der Waals surface area contributed by atoms with Gasteiger partial charge in [-0.3, -0.25) is 4.79 Å². The van der Waals surface area contributed by atoms with Crippen molar-refractivity contribution in [2.75, 3.05) is 32.8 Å². The minimum atomic E-state index is -0.487. The molecule has 1 amide bonds. The maximum atomic E-state index is 13.4. The summed E-state index contributed by atoms with van der Waals surface area (Å²) in [5.41, 5.74) is 6.31. The van der Waals surface area contributed by atoms with Gasteiger partial charge in [0, 0.05) is 31.3 Å². The van der Waals surface area contributed by atoms with Crippen LogP contribution in [0.4, 0.5) is 0 Å². The third-order valence-electron chi connectivity index (χ3n) is 5.37. The van der Waals surface area contributed by atoms with E-state index in [0.717, 1.165) is 50.9 Å². The van der Waals surface area contributed by atoms with E-state index in [2.05, 4.69) is 0 Å². The van der Waals surface area contributed by atoms with Gasteiger partial charge in [-0.05, 0) is 55.8 Å². The van der Waals surface area contributed by atoms with E-state index in [4.69, 9.17) is 22.1 Å². The van der Waals surface area contributed by atoms with Crippen molar-refractivity contribution in [2.45, 2.75) is 31.1 Å². The van der Waals surface area contributed by atoms with Crippen molar-refractivity contribution < 1.29 is 9.53 Å². The summed E-state index contributed by atoms with van der Waals surface area (Å²) in [4.78, 5) is 15.4. The molecule has 0 aliphatic carbocycles. The minimum absolute atomic E-state index is 0.235. The normalized spacial score (nSPS) is 22.1. The summed E-state index contributed by atoms with van der Waals surface area (Å²) in [5.74, 6) is 0.786. The number of nitrogens with two attached hydrogens (primary N) is 1. The van der Waals surface area contributed by atoms with Crippen molar-refractivity contribution in [1.82, 2.24) is 4.90 Å². The third kappa shape index (κ3) is 3.39. The summed E-state index contributed by atoms with van der Waals surface area (Å²) >= 11 is 6.18. The Morgan fingerprint density at radius 3 is 2.61 bits per heavy atom. The lowest BCUT2D eigenvalue weighted by atomic mass is 9.72. The number of hydrogen-bond acceptors (Lipinski definition) is 3. The van der Waals surface area contributed by atoms with Crippen LogP contribution in [0.3, 0.4) is 0 Å². The second kappa shape index (κ2) is 7.20. The van der Waals surface area contributed by atoms with Gasteiger partial charge in [0.05, 0.1) is 5.41 Å². The molecule has 4 nitrogen and oxygen atoms in total. The summed E-state index contributed by atoms with van der Waals surface area (Å²) in [6, 6.07) is 7.76. The lowest BCUT2D eigenvalue weighted by Crippen LogP contribution is -2.52. The van der Waals surface area contributed by atoms with Crippen molar-refractivity contribution in [3.63, 3.8) is 0 Å². The molecule has 0 bridgehead atoms. The van der Waals surface area contributed by atoms with Crippen LogP contribution in [0.1, 0.15) is 31.2 Å². The number of carbonyl (C=O) groups is 1. The molecule has 3 rings (SSSR count). The number of piperidine rings is 1. The van der Waals surface area contributed by atoms with Gasteiger partial charge in [-0.25, -0.2) is 0 Å². The van der Waals surface area contributed by atoms with E-state index in [0.29, 0.717) is 24.2 Å². The number of rotatable bonds is 3. The molecule has 126 valence electrons. The highest BCUT2D eigenvalue weighted by Gasteiger charge is 2.44. The van der Waals surface area contributed by atoms with Gasteiger partial charge in [-0.2, -0.15) is 0 Å². The van der Waals surface area contributed by atoms with Crippen molar-refractivity contribution in [3.8, 4) is 0 Å². The monoisotopic (exact) mass is 336 g/mol. The number of carbonyl (C=O) groups excluding carboxylic acids is 1. The Bertz CT molecular complexity index is 550. The van der Waals surface area contributed by atoms with Crippen LogP contribution in [0.2, 0.25) is 5.02 Å². The molecule has 1 aromatic rings. The Morgan fingerprint density at radius 2 is 2.00 bits per heavy atom. The highest BCUT2D eigenvalue weighted by molar-refractivity contribution is 6.30. The molecule has 5 heteroatoms. The number of halogens is 1. The fourth-order valence-corrected chi connectivity index (χ4v) is 4.00. The molecule has 0 aromatic heterocycles. The highest BCUT2D eigenvalue weighted by Crippen LogP contribution is 2.38. The lowest BCUT2D eigenvalue weighted by Gasteiger charge is -2.42. The molecule has 2 saturated heterocycles. The minimum Gasteiger partial charge on any atom is -0.381 e. The van der Waals surface area contributed by atoms with Gasteiger partial charge in [0.1, 0.15) is 0 Å². The maximum absolute atomic E-state index is 13.4. The van der Waals surface area contributed by atoms with Crippen LogP contribution in [0.5, 0.6) is 0 Å². The van der Waals surface area contributed by atoms with Gasteiger partial charge in [-0.1, -0.05) is 23.7 Å². The first-order chi connectivity index (χ1) is 11.2. The zero-order valence-corrected chi connectivity index (χ0v) is 14.2. The Balaban J connectivity index is 1.85. The number of nitrogens with zero attached hydrogens (tertiary/aromatic N) is 1. The van der Waals surface area contributed by atoms with Gasteiger partial charge in [-0.15, -0.1) is 0 Å². The first-order valence-electron chi connectivity index (χ1n) is 8.49. The molecule has 23 heavy (non-hydrogen) atoms. The Hall–Kier alpha value is -1.10. The first-order valence-corrected chi connectivity index (χ1v) is 8.87. The zero-order chi connectivity index (χ0) is 16.3. The quantitative estimate of drug-likeness (QED) is 0.923. The number of hydrogen-bond donors (Lipinski definition) is 1. The Labute approximate surface area is 142 Å². The molecule has 2 heterocycles. The van der Waals surface area contributed by atoms with Crippen molar-refractivity contribution >= 4 is 17.5 Å². The van der Waals surface area contributed by atoms with Crippen molar-refractivity contribution in [3.05, 3.63) is 34.9 Å². The summed E-state index contributed by atoms with van der Waals surface area (Å²) in [5, 5.41) is 0.683. The van der Waals surface area contributed by atoms with E-state index in [-0.39, 0.29) is 5.91 Å². The number of likely N-dealkylation sites (tertiary alicyclic amines) is 1. The van der Waals surface area contributed by atoms with E-state index < -0.39 is 5.41 Å². The van der Waals surface area contributed by atoms with Gasteiger partial charge in [0.2, 0.25) is 5.91 Å². The molecule has 0 unspecified atom stereocenters. The topological polar surface area (TPSA) is 55.6 Å². The van der Waals surface area contributed by atoms with Crippen molar-refractivity contribution in [2.24, 2.45) is 11.7 Å². The van der Waals surface area contributed by atoms with E-state index >= 15 is 0 Å². The molecular formula is C18H25ClN2O2. The summed E-state index contributed by atoms with van der Waals surface area (Å²) in [7, 11) is 0. The maximum Gasteiger partial charge on any atom is 0.233 e. The van der Waals surface area contributed by atoms with Crippen LogP contribution in [-0.4, -0.2) is 43.7 Å². The summed E-state index contributed by atoms with van der Waals surface area (Å²) < 4.78 is 5.53. The molecule has 2 aliphatic heterocycles. The van der Waals surface area contributed by atoms with E-state index in [9.17, 15) is 4.79 Å². The molecule has 0 saturated carbocycles. The standard InChI is InChI=1S/C18H25ClN2O2/c19-16-3-1-2-15(12-16)18(6-10-23-11-7-18)17(22)21-8-4-14(13-20)5-9-21/h1-3,12,14H,4-11,13,20H2. The molecule has 0 spiro atoms. The van der Waals surface area contributed by atoms with E-state index in [1.165, 1.54) is 0 Å². The fourth-order valence-electron chi connectivity index (χ4n) is 3.81. The van der Waals surface area contributed by atoms with Crippen LogP contribution < -0.4 is 5.73 Å². The van der Waals surface area contributed by atoms with Crippen LogP contribution in [-0.2, 0) is 14.9 Å². The third-order valence-corrected chi connectivity index (χ3v) is 5.60. The van der Waals surface area contributed by atoms with Crippen LogP contribution in [0.15, 0.2) is 24.3 Å².